The summed E-state index contributed by atoms with van der Waals surface area (Å²) in [7, 11) is 0. The zero-order valence-electron chi connectivity index (χ0n) is 17.6. The molecule has 0 bridgehead atoms. The molecule has 0 N–H and O–H groups in total. The number of rotatable bonds is 18. The van der Waals surface area contributed by atoms with Crippen LogP contribution in [0.5, 0.6) is 0 Å². The van der Waals surface area contributed by atoms with Crippen molar-refractivity contribution in [2.24, 2.45) is 0 Å². The van der Waals surface area contributed by atoms with Gasteiger partial charge in [0.15, 0.2) is 6.10 Å². The first-order chi connectivity index (χ1) is 13.1. The molecule has 4 heteroatoms. The van der Waals surface area contributed by atoms with E-state index in [-0.39, 0.29) is 24.8 Å². The third-order valence-corrected chi connectivity index (χ3v) is 4.57. The average Bonchev–Trinajstić information content (AvgIpc) is 2.65. The molecule has 156 valence electrons. The molecule has 0 aromatic rings. The fourth-order valence-electron chi connectivity index (χ4n) is 2.87. The highest BCUT2D eigenvalue weighted by Crippen LogP contribution is 2.12. The van der Waals surface area contributed by atoms with Crippen molar-refractivity contribution < 1.29 is 19.1 Å². The van der Waals surface area contributed by atoms with Crippen LogP contribution in [0.1, 0.15) is 110 Å². The van der Waals surface area contributed by atoms with Crippen molar-refractivity contribution in [2.75, 3.05) is 6.61 Å². The Hall–Kier alpha value is -1.50. The van der Waals surface area contributed by atoms with Gasteiger partial charge < -0.3 is 9.47 Å². The monoisotopic (exact) mass is 380 g/mol. The molecule has 0 saturated heterocycles. The largest absolute Gasteiger partial charge is 0.466 e. The van der Waals surface area contributed by atoms with Crippen LogP contribution >= 0.6 is 0 Å². The molecular weight excluding hydrogens is 340 g/mol. The zero-order valence-corrected chi connectivity index (χ0v) is 17.6. The van der Waals surface area contributed by atoms with Crippen molar-refractivity contribution in [3.05, 3.63) is 0 Å². The number of terminal acetylenes is 1. The van der Waals surface area contributed by atoms with Crippen molar-refractivity contribution in [1.82, 2.24) is 0 Å². The molecule has 0 aromatic carbocycles. The van der Waals surface area contributed by atoms with Gasteiger partial charge in [0.05, 0.1) is 6.61 Å². The third kappa shape index (κ3) is 19.1. The van der Waals surface area contributed by atoms with Gasteiger partial charge in [0.25, 0.3) is 0 Å². The second kappa shape index (κ2) is 19.3. The molecule has 27 heavy (non-hydrogen) atoms. The third-order valence-electron chi connectivity index (χ3n) is 4.57. The van der Waals surface area contributed by atoms with Gasteiger partial charge in [-0.25, -0.2) is 0 Å². The molecule has 1 atom stereocenters. The van der Waals surface area contributed by atoms with Crippen LogP contribution in [0.15, 0.2) is 0 Å². The molecule has 0 heterocycles. The Bertz CT molecular complexity index is 411. The van der Waals surface area contributed by atoms with Crippen molar-refractivity contribution in [1.29, 1.82) is 0 Å². The fraction of sp³-hybridized carbons (Fsp3) is 0.826. The summed E-state index contributed by atoms with van der Waals surface area (Å²) in [5.41, 5.74) is 0. The summed E-state index contributed by atoms with van der Waals surface area (Å²) >= 11 is 0. The maximum Gasteiger partial charge on any atom is 0.307 e. The SMILES string of the molecule is C#CC(C)OC(=O)CCCC(=O)OCCCCCCCCCCCCCC. The lowest BCUT2D eigenvalue weighted by Gasteiger charge is -2.07. The van der Waals surface area contributed by atoms with Crippen LogP contribution in [0.4, 0.5) is 0 Å². The van der Waals surface area contributed by atoms with E-state index in [4.69, 9.17) is 15.9 Å². The van der Waals surface area contributed by atoms with Crippen LogP contribution in [0.2, 0.25) is 0 Å². The molecule has 0 aromatic heterocycles. The van der Waals surface area contributed by atoms with Gasteiger partial charge in [0, 0.05) is 12.8 Å². The minimum Gasteiger partial charge on any atom is -0.466 e. The Labute approximate surface area is 166 Å². The highest BCUT2D eigenvalue weighted by Gasteiger charge is 2.09. The van der Waals surface area contributed by atoms with Gasteiger partial charge in [0.1, 0.15) is 0 Å². The molecule has 0 aliphatic heterocycles. The Morgan fingerprint density at radius 3 is 1.78 bits per heavy atom. The van der Waals surface area contributed by atoms with Crippen LogP contribution in [0.25, 0.3) is 0 Å². The number of esters is 2. The van der Waals surface area contributed by atoms with Gasteiger partial charge in [-0.3, -0.25) is 9.59 Å². The van der Waals surface area contributed by atoms with Gasteiger partial charge >= 0.3 is 11.9 Å². The van der Waals surface area contributed by atoms with Gasteiger partial charge in [-0.05, 0) is 19.8 Å². The second-order valence-corrected chi connectivity index (χ2v) is 7.26. The summed E-state index contributed by atoms with van der Waals surface area (Å²) < 4.78 is 10.1. The van der Waals surface area contributed by atoms with Crippen molar-refractivity contribution >= 4 is 11.9 Å². The van der Waals surface area contributed by atoms with E-state index < -0.39 is 6.10 Å². The minimum atomic E-state index is -0.518. The second-order valence-electron chi connectivity index (χ2n) is 7.26. The van der Waals surface area contributed by atoms with Crippen LogP contribution in [-0.4, -0.2) is 24.6 Å². The first kappa shape index (κ1) is 25.5. The predicted molar refractivity (Wildman–Crippen MR) is 110 cm³/mol. The summed E-state index contributed by atoms with van der Waals surface area (Å²) in [4.78, 5) is 23.0. The highest BCUT2D eigenvalue weighted by atomic mass is 16.5. The number of unbranched alkanes of at least 4 members (excludes halogenated alkanes) is 11. The van der Waals surface area contributed by atoms with Crippen molar-refractivity contribution in [3.63, 3.8) is 0 Å². The first-order valence-electron chi connectivity index (χ1n) is 10.9. The Balaban J connectivity index is 3.30. The summed E-state index contributed by atoms with van der Waals surface area (Å²) in [5.74, 6) is 1.72. The predicted octanol–water partition coefficient (Wildman–Crippen LogP) is 5.97. The van der Waals surface area contributed by atoms with Crippen molar-refractivity contribution in [2.45, 2.75) is 116 Å². The topological polar surface area (TPSA) is 52.6 Å². The normalized spacial score (nSPS) is 11.6. The molecule has 0 radical (unpaired) electrons. The van der Waals surface area contributed by atoms with Gasteiger partial charge in [-0.1, -0.05) is 83.5 Å². The van der Waals surface area contributed by atoms with E-state index in [2.05, 4.69) is 12.8 Å². The molecule has 0 rings (SSSR count). The molecule has 4 nitrogen and oxygen atoms in total. The molecule has 0 fully saturated rings. The Morgan fingerprint density at radius 2 is 1.26 bits per heavy atom. The van der Waals surface area contributed by atoms with E-state index in [9.17, 15) is 9.59 Å². The van der Waals surface area contributed by atoms with Crippen LogP contribution in [0.3, 0.4) is 0 Å². The molecule has 0 aliphatic rings. The van der Waals surface area contributed by atoms with Crippen LogP contribution < -0.4 is 0 Å². The van der Waals surface area contributed by atoms with E-state index >= 15 is 0 Å². The maximum atomic E-state index is 11.6. The van der Waals surface area contributed by atoms with Crippen LogP contribution in [-0.2, 0) is 19.1 Å². The molecular formula is C23H40O4. The minimum absolute atomic E-state index is 0.194. The highest BCUT2D eigenvalue weighted by molar-refractivity contribution is 5.72. The summed E-state index contributed by atoms with van der Waals surface area (Å²) in [6.07, 6.45) is 20.9. The molecule has 0 saturated carbocycles. The average molecular weight is 381 g/mol. The standard InChI is InChI=1S/C23H40O4/c1-4-6-7-8-9-10-11-12-13-14-15-16-20-26-22(24)18-17-19-23(25)27-21(3)5-2/h2,21H,4,6-20H2,1,3H3. The molecule has 0 aliphatic carbocycles. The van der Waals surface area contributed by atoms with E-state index in [0.29, 0.717) is 13.0 Å². The maximum absolute atomic E-state index is 11.6. The number of carbonyl (C=O) groups excluding carboxylic acids is 2. The zero-order chi connectivity index (χ0) is 20.2. The lowest BCUT2D eigenvalue weighted by Crippen LogP contribution is -2.13. The van der Waals surface area contributed by atoms with Crippen LogP contribution in [0, 0.1) is 12.3 Å². The van der Waals surface area contributed by atoms with E-state index in [1.807, 2.05) is 0 Å². The quantitative estimate of drug-likeness (QED) is 0.167. The lowest BCUT2D eigenvalue weighted by atomic mass is 10.1. The number of hydrogen-bond acceptors (Lipinski definition) is 4. The van der Waals surface area contributed by atoms with E-state index in [1.54, 1.807) is 6.92 Å². The smallest absolute Gasteiger partial charge is 0.307 e. The fourth-order valence-corrected chi connectivity index (χ4v) is 2.87. The van der Waals surface area contributed by atoms with E-state index in [0.717, 1.165) is 12.8 Å². The lowest BCUT2D eigenvalue weighted by molar-refractivity contribution is -0.146. The first-order valence-corrected chi connectivity index (χ1v) is 10.9. The molecule has 0 spiro atoms. The van der Waals surface area contributed by atoms with Gasteiger partial charge in [-0.2, -0.15) is 0 Å². The molecule has 1 unspecified atom stereocenters. The van der Waals surface area contributed by atoms with Gasteiger partial charge in [0.2, 0.25) is 0 Å². The summed E-state index contributed by atoms with van der Waals surface area (Å²) in [6.45, 7) is 4.37. The number of hydrogen-bond donors (Lipinski definition) is 0. The molecule has 0 amide bonds. The summed E-state index contributed by atoms with van der Waals surface area (Å²) in [6, 6.07) is 0. The van der Waals surface area contributed by atoms with E-state index in [1.165, 1.54) is 64.2 Å². The van der Waals surface area contributed by atoms with Crippen molar-refractivity contribution in [3.8, 4) is 12.3 Å². The summed E-state index contributed by atoms with van der Waals surface area (Å²) in [5, 5.41) is 0. The Kier molecular flexibility index (Phi) is 18.2. The number of carbonyl (C=O) groups is 2. The van der Waals surface area contributed by atoms with Gasteiger partial charge in [-0.15, -0.1) is 6.42 Å². The number of ether oxygens (including phenoxy) is 2. The Morgan fingerprint density at radius 1 is 0.778 bits per heavy atom.